The molecule has 0 aromatic heterocycles. The van der Waals surface area contributed by atoms with Crippen molar-refractivity contribution < 1.29 is 86.2 Å². The number of hydrogen-bond donors (Lipinski definition) is 9. The van der Waals surface area contributed by atoms with Gasteiger partial charge in [0, 0.05) is 76.5 Å². The Kier molecular flexibility index (Phi) is 28.5. The maximum Gasteiger partial charge on any atom is 0.407 e. The maximum atomic E-state index is 13.2. The maximum absolute atomic E-state index is 13.2. The van der Waals surface area contributed by atoms with Crippen molar-refractivity contribution in [3.8, 4) is 0 Å². The summed E-state index contributed by atoms with van der Waals surface area (Å²) in [6, 6.07) is -0.372. The largest absolute Gasteiger partial charge is 0.481 e. The monoisotopic (exact) mass is 1320 g/mol. The highest BCUT2D eigenvalue weighted by molar-refractivity contribution is 5.76. The molecule has 0 aromatic carbocycles. The Morgan fingerprint density at radius 1 is 0.409 bits per heavy atom. The lowest BCUT2D eigenvalue weighted by Crippen LogP contribution is -2.51. The van der Waals surface area contributed by atoms with Gasteiger partial charge in [-0.1, -0.05) is 83.1 Å². The van der Waals surface area contributed by atoms with Crippen LogP contribution < -0.4 is 42.5 Å². The van der Waals surface area contributed by atoms with Crippen LogP contribution in [-0.4, -0.2) is 168 Å². The first-order valence-electron chi connectivity index (χ1n) is 33.4. The molecule has 4 aliphatic carbocycles. The van der Waals surface area contributed by atoms with Gasteiger partial charge in [-0.3, -0.25) is 9.59 Å². The molecule has 4 aliphatic rings. The summed E-state index contributed by atoms with van der Waals surface area (Å²) in [6.07, 6.45) is 3.87. The van der Waals surface area contributed by atoms with Crippen molar-refractivity contribution in [1.82, 2.24) is 42.5 Å². The van der Waals surface area contributed by atoms with Crippen LogP contribution in [0.3, 0.4) is 0 Å². The molecule has 0 aromatic rings. The number of carbonyl (C=O) groups excluding carboxylic acids is 8. The minimum Gasteiger partial charge on any atom is -0.481 e. The fourth-order valence-corrected chi connectivity index (χ4v) is 15.9. The molecule has 93 heavy (non-hydrogen) atoms. The van der Waals surface area contributed by atoms with E-state index in [0.717, 1.165) is 45.4 Å². The van der Waals surface area contributed by atoms with Crippen molar-refractivity contribution in [2.24, 2.45) is 48.7 Å². The summed E-state index contributed by atoms with van der Waals surface area (Å²) in [7, 11) is 1.98. The van der Waals surface area contributed by atoms with E-state index in [2.05, 4.69) is 119 Å². The smallest absolute Gasteiger partial charge is 0.407 e. The van der Waals surface area contributed by atoms with E-state index >= 15 is 0 Å². The van der Waals surface area contributed by atoms with Gasteiger partial charge in [-0.2, -0.15) is 0 Å². The van der Waals surface area contributed by atoms with Crippen LogP contribution in [0.1, 0.15) is 214 Å². The van der Waals surface area contributed by atoms with Crippen LogP contribution in [0.5, 0.6) is 0 Å². The number of aliphatic carboxylic acids is 1. The van der Waals surface area contributed by atoms with Crippen molar-refractivity contribution in [3.05, 3.63) is 0 Å². The summed E-state index contributed by atoms with van der Waals surface area (Å²) < 4.78 is 43.5. The second-order valence-corrected chi connectivity index (χ2v) is 32.8. The predicted octanol–water partition coefficient (Wildman–Crippen LogP) is 10.6. The molecule has 0 aliphatic heterocycles. The standard InChI is InChI=1S/C67H118N8O18/c1-43(19-22-86-52(79)69-37-63(13)29-47(68-18)25-59(5,6)33-63)91-56(83)73-48-26-60(7,8)34-64(14,30-48)38-70-53(80)87-23-20-44(2)92-57(84)74-49-27-61(9,10)35-65(15,31-49)39-71-54(81)88-24-21-45(3)93-58(85)75-50-28-62(11,12)36-66(16,32-50)40-72-55(82)90-42-67(17,51(77)78)41-89-46(4)76/h43-45,47-50,68H,19-42H2,1-18H3,(H,69,79)(H,70,80)(H,71,81)(H,72,82)(H,73,83)(H,74,84)(H,75,85)(H,77,78). The SMILES string of the molecule is CNC1CC(C)(C)CC(C)(CNC(=O)OCCC(C)OC(=O)NC2CC(C)(C)CC(C)(CNC(=O)OCCC(C)OC(=O)NC3CC(C)(C)CC(C)(CNC(=O)OCCC(C)OC(=O)NC4CC(C)(C)CC(C)(CNC(=O)OCC(C)(COC(C)=O)C(=O)O)C4)C3)C2)C1. The molecule has 0 heterocycles. The van der Waals surface area contributed by atoms with Crippen LogP contribution in [0, 0.1) is 48.7 Å². The number of alkyl carbamates (subject to hydrolysis) is 7. The second-order valence-electron chi connectivity index (χ2n) is 32.8. The lowest BCUT2D eigenvalue weighted by Gasteiger charge is -2.46. The van der Waals surface area contributed by atoms with Gasteiger partial charge in [0.1, 0.15) is 36.9 Å². The average Bonchev–Trinajstić information content (AvgIpc) is 0.834. The number of nitrogens with one attached hydrogen (secondary N) is 8. The Hall–Kier alpha value is -6.21. The zero-order chi connectivity index (χ0) is 70.0. The van der Waals surface area contributed by atoms with Crippen molar-refractivity contribution in [1.29, 1.82) is 0 Å². The van der Waals surface area contributed by atoms with Gasteiger partial charge >= 0.3 is 54.6 Å². The Bertz CT molecular complexity index is 2550. The van der Waals surface area contributed by atoms with Crippen LogP contribution in [0.25, 0.3) is 0 Å². The zero-order valence-electron chi connectivity index (χ0n) is 59.4. The fraction of sp³-hybridized carbons (Fsp3) is 0.866. The van der Waals surface area contributed by atoms with Gasteiger partial charge in [0.15, 0.2) is 0 Å². The van der Waals surface area contributed by atoms with Crippen LogP contribution in [0.15, 0.2) is 0 Å². The average molecular weight is 1320 g/mol. The van der Waals surface area contributed by atoms with Crippen LogP contribution in [0.2, 0.25) is 0 Å². The number of esters is 1. The van der Waals surface area contributed by atoms with E-state index in [1.807, 2.05) is 14.0 Å². The zero-order valence-corrected chi connectivity index (χ0v) is 59.4. The van der Waals surface area contributed by atoms with Crippen molar-refractivity contribution in [2.75, 3.05) is 66.3 Å². The summed E-state index contributed by atoms with van der Waals surface area (Å²) in [6.45, 7) is 33.5. The first kappa shape index (κ1) is 79.2. The molecular weight excluding hydrogens is 1200 g/mol. The lowest BCUT2D eigenvalue weighted by atomic mass is 9.62. The van der Waals surface area contributed by atoms with E-state index in [1.165, 1.54) is 6.92 Å². The minimum atomic E-state index is -1.63. The Morgan fingerprint density at radius 2 is 0.667 bits per heavy atom. The molecule has 9 N–H and O–H groups in total. The van der Waals surface area contributed by atoms with Crippen molar-refractivity contribution in [2.45, 2.75) is 256 Å². The van der Waals surface area contributed by atoms with E-state index in [1.54, 1.807) is 20.8 Å². The molecule has 0 saturated heterocycles. The van der Waals surface area contributed by atoms with Gasteiger partial charge < -0.3 is 85.5 Å². The van der Waals surface area contributed by atoms with E-state index < -0.39 is 102 Å². The van der Waals surface area contributed by atoms with Crippen molar-refractivity contribution >= 4 is 54.6 Å². The number of carboxylic acids is 1. The molecule has 534 valence electrons. The number of carboxylic acid groups (broad SMARTS) is 1. The molecular formula is C67H118N8O18. The third-order valence-corrected chi connectivity index (χ3v) is 18.6. The number of amides is 7. The Balaban J connectivity index is 1.10. The van der Waals surface area contributed by atoms with Crippen LogP contribution in [0.4, 0.5) is 33.6 Å². The molecule has 7 amide bonds. The van der Waals surface area contributed by atoms with Crippen molar-refractivity contribution in [3.63, 3.8) is 0 Å². The van der Waals surface area contributed by atoms with Gasteiger partial charge in [-0.25, -0.2) is 33.6 Å². The number of ether oxygens (including phenoxy) is 8. The van der Waals surface area contributed by atoms with E-state index in [0.29, 0.717) is 64.1 Å². The Morgan fingerprint density at radius 3 is 0.935 bits per heavy atom. The van der Waals surface area contributed by atoms with E-state index in [9.17, 15) is 48.3 Å². The summed E-state index contributed by atoms with van der Waals surface area (Å²) in [5.41, 5.74) is -3.35. The molecule has 12 atom stereocenters. The molecule has 4 rings (SSSR count). The molecule has 4 fully saturated rings. The highest BCUT2D eigenvalue weighted by Gasteiger charge is 2.46. The Labute approximate surface area is 552 Å². The second kappa shape index (κ2) is 33.4. The number of hydrogen-bond acceptors (Lipinski definition) is 18. The van der Waals surface area contributed by atoms with E-state index in [-0.39, 0.29) is 96.4 Å². The van der Waals surface area contributed by atoms with Gasteiger partial charge in [0.25, 0.3) is 0 Å². The minimum absolute atomic E-state index is 0.00660. The summed E-state index contributed by atoms with van der Waals surface area (Å²) in [5, 5.41) is 33.5. The summed E-state index contributed by atoms with van der Waals surface area (Å²) in [4.78, 5) is 114. The molecule has 26 nitrogen and oxygen atoms in total. The first-order valence-corrected chi connectivity index (χ1v) is 33.4. The van der Waals surface area contributed by atoms with Gasteiger partial charge in [-0.05, 0) is 155 Å². The molecule has 0 bridgehead atoms. The van der Waals surface area contributed by atoms with Gasteiger partial charge in [-0.15, -0.1) is 0 Å². The molecule has 4 saturated carbocycles. The van der Waals surface area contributed by atoms with Crippen LogP contribution in [-0.2, 0) is 47.5 Å². The first-order chi connectivity index (χ1) is 42.8. The van der Waals surface area contributed by atoms with Gasteiger partial charge in [0.05, 0.1) is 19.8 Å². The topological polar surface area (TPSA) is 344 Å². The number of carbonyl (C=O) groups is 9. The molecule has 26 heteroatoms. The predicted molar refractivity (Wildman–Crippen MR) is 348 cm³/mol. The third kappa shape index (κ3) is 29.1. The van der Waals surface area contributed by atoms with E-state index in [4.69, 9.17) is 37.9 Å². The summed E-state index contributed by atoms with van der Waals surface area (Å²) >= 11 is 0. The third-order valence-electron chi connectivity index (χ3n) is 18.6. The molecule has 0 radical (unpaired) electrons. The van der Waals surface area contributed by atoms with Gasteiger partial charge in [0.2, 0.25) is 0 Å². The molecule has 12 unspecified atom stereocenters. The highest BCUT2D eigenvalue weighted by atomic mass is 16.6. The lowest BCUT2D eigenvalue weighted by molar-refractivity contribution is -0.159. The normalized spacial score (nSPS) is 28.4. The number of rotatable bonds is 29. The molecule has 0 spiro atoms. The van der Waals surface area contributed by atoms with Crippen LogP contribution >= 0.6 is 0 Å². The summed E-state index contributed by atoms with van der Waals surface area (Å²) in [5.74, 6) is -1.94. The highest BCUT2D eigenvalue weighted by Crippen LogP contribution is 2.49. The fourth-order valence-electron chi connectivity index (χ4n) is 15.9. The quantitative estimate of drug-likeness (QED) is 0.0248.